The molecular weight excluding hydrogens is 299 g/mol. The second-order valence-electron chi connectivity index (χ2n) is 3.47. The number of nitro benzene ring substituents is 1. The smallest absolute Gasteiger partial charge is 0.307 e. The zero-order valence-corrected chi connectivity index (χ0v) is 11.4. The average molecular weight is 311 g/mol. The number of carbonyl (C=O) groups is 1. The van der Waals surface area contributed by atoms with Crippen LogP contribution in [0.3, 0.4) is 0 Å². The number of aromatic hydroxyl groups is 1. The van der Waals surface area contributed by atoms with Crippen LogP contribution in [0.1, 0.15) is 18.0 Å². The van der Waals surface area contributed by atoms with Crippen molar-refractivity contribution in [2.75, 3.05) is 7.11 Å². The zero-order chi connectivity index (χ0) is 13.9. The Morgan fingerprint density at radius 1 is 1.63 bits per heavy atom. The van der Waals surface area contributed by atoms with Crippen molar-refractivity contribution < 1.29 is 19.6 Å². The van der Waals surface area contributed by atoms with Crippen LogP contribution in [0.15, 0.2) is 12.1 Å². The van der Waals surface area contributed by atoms with Gasteiger partial charge in [-0.05, 0) is 6.07 Å². The summed E-state index contributed by atoms with van der Waals surface area (Å²) in [5.74, 6) is -1.14. The molecule has 1 atom stereocenters. The Hall–Kier alpha value is -1.57. The monoisotopic (exact) mass is 310 g/mol. The second-order valence-corrected chi connectivity index (χ2v) is 3.88. The first-order chi connectivity index (χ1) is 8.38. The number of esters is 1. The van der Waals surface area contributed by atoms with Crippen molar-refractivity contribution in [1.82, 2.24) is 0 Å². The van der Waals surface area contributed by atoms with Crippen LogP contribution in [0.25, 0.3) is 0 Å². The lowest BCUT2D eigenvalue weighted by Gasteiger charge is -2.13. The van der Waals surface area contributed by atoms with Crippen molar-refractivity contribution >= 4 is 35.7 Å². The molecule has 1 aromatic carbocycles. The van der Waals surface area contributed by atoms with Crippen LogP contribution in [0.2, 0.25) is 5.02 Å². The number of hydrogen-bond acceptors (Lipinski definition) is 6. The summed E-state index contributed by atoms with van der Waals surface area (Å²) in [5, 5.41) is 20.5. The Morgan fingerprint density at radius 3 is 2.68 bits per heavy atom. The number of carbonyl (C=O) groups excluding carboxylic acids is 1. The molecule has 106 valence electrons. The largest absolute Gasteiger partial charge is 0.506 e. The lowest BCUT2D eigenvalue weighted by molar-refractivity contribution is -0.385. The van der Waals surface area contributed by atoms with Gasteiger partial charge in [0.05, 0.1) is 35.1 Å². The van der Waals surface area contributed by atoms with Gasteiger partial charge in [0.15, 0.2) is 0 Å². The highest BCUT2D eigenvalue weighted by atomic mass is 35.5. The summed E-state index contributed by atoms with van der Waals surface area (Å²) in [7, 11) is 1.17. The number of nitrogens with two attached hydrogens (primary N) is 1. The highest BCUT2D eigenvalue weighted by molar-refractivity contribution is 6.32. The van der Waals surface area contributed by atoms with Crippen molar-refractivity contribution in [2.24, 2.45) is 5.73 Å². The summed E-state index contributed by atoms with van der Waals surface area (Å²) in [6.45, 7) is 0. The topological polar surface area (TPSA) is 116 Å². The average Bonchev–Trinajstić information content (AvgIpc) is 2.31. The number of ether oxygens (including phenoxy) is 1. The fourth-order valence-electron chi connectivity index (χ4n) is 1.46. The molecule has 0 aliphatic heterocycles. The van der Waals surface area contributed by atoms with Crippen LogP contribution in [0.4, 0.5) is 5.69 Å². The summed E-state index contributed by atoms with van der Waals surface area (Å²) in [4.78, 5) is 21.2. The molecular formula is C10H12Cl2N2O5. The van der Waals surface area contributed by atoms with Crippen LogP contribution in [0.5, 0.6) is 5.75 Å². The molecule has 0 saturated carbocycles. The molecule has 0 unspecified atom stereocenters. The third kappa shape index (κ3) is 3.95. The van der Waals surface area contributed by atoms with Gasteiger partial charge in [0.25, 0.3) is 5.69 Å². The third-order valence-electron chi connectivity index (χ3n) is 2.33. The molecule has 0 saturated heterocycles. The molecule has 0 fully saturated rings. The minimum Gasteiger partial charge on any atom is -0.506 e. The minimum absolute atomic E-state index is 0. The Kier molecular flexibility index (Phi) is 6.54. The second kappa shape index (κ2) is 7.13. The molecule has 0 aliphatic rings. The number of halogens is 2. The number of benzene rings is 1. The quantitative estimate of drug-likeness (QED) is 0.498. The van der Waals surface area contributed by atoms with E-state index in [1.807, 2.05) is 0 Å². The summed E-state index contributed by atoms with van der Waals surface area (Å²) in [6, 6.07) is 1.23. The molecule has 0 bridgehead atoms. The van der Waals surface area contributed by atoms with Gasteiger partial charge < -0.3 is 15.6 Å². The van der Waals surface area contributed by atoms with Crippen LogP contribution in [0, 0.1) is 10.1 Å². The van der Waals surface area contributed by atoms with Crippen LogP contribution >= 0.6 is 24.0 Å². The lowest BCUT2D eigenvalue weighted by atomic mass is 10.0. The SMILES string of the molecule is COC(=O)C[C@H](N)c1c([N+](=O)[O-])ccc(Cl)c1O.Cl. The van der Waals surface area contributed by atoms with E-state index in [0.717, 1.165) is 6.07 Å². The number of methoxy groups -OCH3 is 1. The summed E-state index contributed by atoms with van der Waals surface area (Å²) < 4.78 is 4.41. The first kappa shape index (κ1) is 17.4. The van der Waals surface area contributed by atoms with Crippen molar-refractivity contribution in [3.05, 3.63) is 32.8 Å². The van der Waals surface area contributed by atoms with E-state index in [1.165, 1.54) is 13.2 Å². The minimum atomic E-state index is -1.07. The van der Waals surface area contributed by atoms with Crippen molar-refractivity contribution in [1.29, 1.82) is 0 Å². The Morgan fingerprint density at radius 2 is 2.21 bits per heavy atom. The molecule has 0 aliphatic carbocycles. The Balaban J connectivity index is 0.00000324. The number of phenolic OH excluding ortho intramolecular Hbond substituents is 1. The first-order valence-corrected chi connectivity index (χ1v) is 5.24. The predicted octanol–water partition coefficient (Wildman–Crippen LogP) is 1.94. The molecule has 19 heavy (non-hydrogen) atoms. The van der Waals surface area contributed by atoms with Gasteiger partial charge in [-0.25, -0.2) is 0 Å². The van der Waals surface area contributed by atoms with E-state index in [2.05, 4.69) is 4.74 Å². The maximum Gasteiger partial charge on any atom is 0.307 e. The molecule has 3 N–H and O–H groups in total. The van der Waals surface area contributed by atoms with E-state index < -0.39 is 28.4 Å². The standard InChI is InChI=1S/C10H11ClN2O5.ClH/c1-18-8(14)4-6(12)9-7(13(16)17)3-2-5(11)10(9)15;/h2-3,6,15H,4,12H2,1H3;1H/t6-;/m0./s1. The van der Waals surface area contributed by atoms with Gasteiger partial charge in [-0.2, -0.15) is 0 Å². The lowest BCUT2D eigenvalue weighted by Crippen LogP contribution is -2.17. The molecule has 0 amide bonds. The van der Waals surface area contributed by atoms with E-state index in [-0.39, 0.29) is 29.4 Å². The van der Waals surface area contributed by atoms with Gasteiger partial charge >= 0.3 is 5.97 Å². The normalized spacial score (nSPS) is 11.3. The molecule has 1 rings (SSSR count). The van der Waals surface area contributed by atoms with E-state index >= 15 is 0 Å². The molecule has 9 heteroatoms. The number of nitro groups is 1. The number of nitrogens with zero attached hydrogens (tertiary/aromatic N) is 1. The van der Waals surface area contributed by atoms with E-state index in [9.17, 15) is 20.0 Å². The highest BCUT2D eigenvalue weighted by Gasteiger charge is 2.27. The molecule has 7 nitrogen and oxygen atoms in total. The van der Waals surface area contributed by atoms with Gasteiger partial charge in [-0.3, -0.25) is 14.9 Å². The number of hydrogen-bond donors (Lipinski definition) is 2. The molecule has 0 heterocycles. The highest BCUT2D eigenvalue weighted by Crippen LogP contribution is 2.38. The number of rotatable bonds is 4. The summed E-state index contributed by atoms with van der Waals surface area (Å²) in [6.07, 6.45) is -0.300. The molecule has 0 spiro atoms. The first-order valence-electron chi connectivity index (χ1n) is 4.86. The predicted molar refractivity (Wildman–Crippen MR) is 70.6 cm³/mol. The summed E-state index contributed by atoms with van der Waals surface area (Å²) in [5.41, 5.74) is 5.08. The maximum absolute atomic E-state index is 11.1. The van der Waals surface area contributed by atoms with Gasteiger partial charge in [-0.1, -0.05) is 11.6 Å². The fourth-order valence-corrected chi connectivity index (χ4v) is 1.63. The summed E-state index contributed by atoms with van der Waals surface area (Å²) >= 11 is 5.66. The van der Waals surface area contributed by atoms with E-state index in [0.29, 0.717) is 0 Å². The van der Waals surface area contributed by atoms with E-state index in [4.69, 9.17) is 17.3 Å². The Labute approximate surface area is 119 Å². The van der Waals surface area contributed by atoms with E-state index in [1.54, 1.807) is 0 Å². The van der Waals surface area contributed by atoms with Crippen LogP contribution < -0.4 is 5.73 Å². The van der Waals surface area contributed by atoms with Gasteiger partial charge in [-0.15, -0.1) is 12.4 Å². The number of phenols is 1. The van der Waals surface area contributed by atoms with Crippen molar-refractivity contribution in [2.45, 2.75) is 12.5 Å². The van der Waals surface area contributed by atoms with Crippen LogP contribution in [-0.4, -0.2) is 23.1 Å². The zero-order valence-electron chi connectivity index (χ0n) is 9.83. The molecule has 0 radical (unpaired) electrons. The maximum atomic E-state index is 11.1. The van der Waals surface area contributed by atoms with Gasteiger partial charge in [0.2, 0.25) is 0 Å². The van der Waals surface area contributed by atoms with Crippen LogP contribution in [-0.2, 0) is 9.53 Å². The fraction of sp³-hybridized carbons (Fsp3) is 0.300. The third-order valence-corrected chi connectivity index (χ3v) is 2.63. The Bertz CT molecular complexity index is 495. The van der Waals surface area contributed by atoms with Gasteiger partial charge in [0, 0.05) is 6.07 Å². The molecule has 0 aromatic heterocycles. The molecule has 1 aromatic rings. The van der Waals surface area contributed by atoms with Crippen molar-refractivity contribution in [3.63, 3.8) is 0 Å². The van der Waals surface area contributed by atoms with Gasteiger partial charge in [0.1, 0.15) is 5.75 Å². The van der Waals surface area contributed by atoms with Crippen molar-refractivity contribution in [3.8, 4) is 5.75 Å².